The Kier molecular flexibility index (Phi) is 4.59. The molecule has 8 heavy (non-hydrogen) atoms. The van der Waals surface area contributed by atoms with Crippen molar-refractivity contribution in [3.05, 3.63) is 0 Å². The molecule has 0 amide bonds. The maximum Gasteiger partial charge on any atom is 0.291 e. The van der Waals surface area contributed by atoms with Gasteiger partial charge in [-0.25, -0.2) is 0 Å². The minimum absolute atomic E-state index is 0.0661. The second kappa shape index (κ2) is 4.80. The molecule has 0 saturated carbocycles. The molecule has 0 aromatic carbocycles. The van der Waals surface area contributed by atoms with Gasteiger partial charge in [-0.2, -0.15) is 0 Å². The third kappa shape index (κ3) is 3.82. The molecule has 0 bridgehead atoms. The van der Waals surface area contributed by atoms with Crippen LogP contribution >= 0.6 is 0 Å². The van der Waals surface area contributed by atoms with Crippen molar-refractivity contribution in [1.82, 2.24) is 0 Å². The first-order chi connectivity index (χ1) is 3.81. The number of hydrogen-bond donors (Lipinski definition) is 1. The first-order valence-electron chi connectivity index (χ1n) is 2.49. The molecule has 4 heteroatoms. The quantitative estimate of drug-likeness (QED) is 0.482. The molecule has 0 unspecified atom stereocenters. The normalized spacial score (nSPS) is 9.12. The van der Waals surface area contributed by atoms with Crippen molar-refractivity contribution in [3.8, 4) is 0 Å². The van der Waals surface area contributed by atoms with Crippen LogP contribution in [0.1, 0.15) is 12.8 Å². The lowest BCUT2D eigenvalue weighted by Crippen LogP contribution is -2.01. The minimum atomic E-state index is -0.203. The van der Waals surface area contributed by atoms with E-state index in [2.05, 4.69) is 4.43 Å². The van der Waals surface area contributed by atoms with E-state index in [1.807, 2.05) is 0 Å². The number of carbonyl (C=O) groups is 1. The van der Waals surface area contributed by atoms with E-state index in [0.29, 0.717) is 23.3 Å². The van der Waals surface area contributed by atoms with Crippen molar-refractivity contribution < 1.29 is 14.3 Å². The monoisotopic (exact) mass is 134 g/mol. The lowest BCUT2D eigenvalue weighted by atomic mass is 10.3. The van der Waals surface area contributed by atoms with Crippen molar-refractivity contribution >= 4 is 16.5 Å². The number of aliphatic hydroxyl groups excluding tert-OH is 1. The van der Waals surface area contributed by atoms with E-state index in [0.717, 1.165) is 0 Å². The predicted octanol–water partition coefficient (Wildman–Crippen LogP) is -1.42. The molecule has 0 aromatic heterocycles. The number of hydrogen-bond acceptors (Lipinski definition) is 3. The van der Waals surface area contributed by atoms with E-state index in [-0.39, 0.29) is 12.6 Å². The maximum absolute atomic E-state index is 10.3. The van der Waals surface area contributed by atoms with Gasteiger partial charge in [0.25, 0.3) is 5.97 Å². The van der Waals surface area contributed by atoms with Gasteiger partial charge in [-0.15, -0.1) is 0 Å². The van der Waals surface area contributed by atoms with Gasteiger partial charge < -0.3 is 9.53 Å². The standard InChI is InChI=1S/C4H10O3Si/c5-3-1-2-4(6)7-8/h5H,1-3H2,8H3. The Labute approximate surface area is 51.2 Å². The molecule has 0 rings (SSSR count). The van der Waals surface area contributed by atoms with Crippen LogP contribution in [-0.4, -0.2) is 28.2 Å². The molecule has 3 nitrogen and oxygen atoms in total. The Morgan fingerprint density at radius 2 is 2.38 bits per heavy atom. The van der Waals surface area contributed by atoms with E-state index in [1.54, 1.807) is 0 Å². The van der Waals surface area contributed by atoms with Crippen LogP contribution in [-0.2, 0) is 9.22 Å². The second-order valence-corrected chi connectivity index (χ2v) is 1.81. The smallest absolute Gasteiger partial charge is 0.291 e. The topological polar surface area (TPSA) is 46.5 Å². The van der Waals surface area contributed by atoms with Crippen LogP contribution in [0.5, 0.6) is 0 Å². The molecule has 0 heterocycles. The van der Waals surface area contributed by atoms with Crippen LogP contribution in [0, 0.1) is 0 Å². The molecule has 0 aliphatic carbocycles. The summed E-state index contributed by atoms with van der Waals surface area (Å²) in [5, 5.41) is 8.21. The van der Waals surface area contributed by atoms with E-state index in [1.165, 1.54) is 0 Å². The summed E-state index contributed by atoms with van der Waals surface area (Å²) < 4.78 is 4.44. The second-order valence-electron chi connectivity index (χ2n) is 1.40. The highest BCUT2D eigenvalue weighted by molar-refractivity contribution is 6.05. The van der Waals surface area contributed by atoms with Gasteiger partial charge in [-0.1, -0.05) is 0 Å². The Bertz CT molecular complexity index is 73.7. The summed E-state index contributed by atoms with van der Waals surface area (Å²) in [5.41, 5.74) is 0. The first-order valence-corrected chi connectivity index (χ1v) is 3.30. The van der Waals surface area contributed by atoms with Crippen molar-refractivity contribution in [2.24, 2.45) is 0 Å². The Morgan fingerprint density at radius 1 is 1.75 bits per heavy atom. The fourth-order valence-corrected chi connectivity index (χ4v) is 0.530. The Morgan fingerprint density at radius 3 is 2.75 bits per heavy atom. The molecule has 0 saturated heterocycles. The van der Waals surface area contributed by atoms with Crippen LogP contribution in [0.2, 0.25) is 0 Å². The lowest BCUT2D eigenvalue weighted by Gasteiger charge is -1.94. The highest BCUT2D eigenvalue weighted by Crippen LogP contribution is 1.87. The fourth-order valence-electron chi connectivity index (χ4n) is 0.325. The molecule has 48 valence electrons. The number of aliphatic hydroxyl groups is 1. The molecule has 0 atom stereocenters. The Hall–Kier alpha value is -0.353. The lowest BCUT2D eigenvalue weighted by molar-refractivity contribution is -0.134. The predicted molar refractivity (Wildman–Crippen MR) is 32.4 cm³/mol. The first kappa shape index (κ1) is 7.65. The van der Waals surface area contributed by atoms with Gasteiger partial charge in [-0.05, 0) is 6.42 Å². The highest BCUT2D eigenvalue weighted by Gasteiger charge is 1.95. The molecule has 0 fully saturated rings. The van der Waals surface area contributed by atoms with E-state index in [9.17, 15) is 4.79 Å². The van der Waals surface area contributed by atoms with Crippen molar-refractivity contribution in [2.45, 2.75) is 12.8 Å². The van der Waals surface area contributed by atoms with Crippen LogP contribution in [0.15, 0.2) is 0 Å². The summed E-state index contributed by atoms with van der Waals surface area (Å²) in [6.07, 6.45) is 0.862. The fraction of sp³-hybridized carbons (Fsp3) is 0.750. The zero-order chi connectivity index (χ0) is 6.41. The van der Waals surface area contributed by atoms with Gasteiger partial charge in [0.1, 0.15) is 0 Å². The van der Waals surface area contributed by atoms with Crippen LogP contribution < -0.4 is 0 Å². The van der Waals surface area contributed by atoms with Gasteiger partial charge in [0.2, 0.25) is 10.5 Å². The third-order valence-corrected chi connectivity index (χ3v) is 1.22. The molecule has 0 aliphatic heterocycles. The third-order valence-electron chi connectivity index (χ3n) is 0.767. The summed E-state index contributed by atoms with van der Waals surface area (Å²) in [6, 6.07) is 0. The van der Waals surface area contributed by atoms with Crippen molar-refractivity contribution in [2.75, 3.05) is 6.61 Å². The highest BCUT2D eigenvalue weighted by atomic mass is 28.2. The molecule has 0 radical (unpaired) electrons. The summed E-state index contributed by atoms with van der Waals surface area (Å²) in [6.45, 7) is 0.0661. The van der Waals surface area contributed by atoms with Crippen LogP contribution in [0.25, 0.3) is 0 Å². The Balaban J connectivity index is 2.99. The molecule has 0 aliphatic rings. The molecular weight excluding hydrogens is 124 g/mol. The van der Waals surface area contributed by atoms with Gasteiger partial charge in [0, 0.05) is 13.0 Å². The number of carbonyl (C=O) groups excluding carboxylic acids is 1. The van der Waals surface area contributed by atoms with Crippen molar-refractivity contribution in [1.29, 1.82) is 0 Å². The minimum Gasteiger partial charge on any atom is -0.529 e. The van der Waals surface area contributed by atoms with Crippen molar-refractivity contribution in [3.63, 3.8) is 0 Å². The molecule has 1 N–H and O–H groups in total. The average Bonchev–Trinajstić information content (AvgIpc) is 1.83. The SMILES string of the molecule is O=C(CCCO)O[SiH3]. The molecule has 0 aromatic rings. The largest absolute Gasteiger partial charge is 0.529 e. The molecular formula is C4H10O3Si. The summed E-state index contributed by atoms with van der Waals surface area (Å²) in [4.78, 5) is 10.3. The number of rotatable bonds is 3. The summed E-state index contributed by atoms with van der Waals surface area (Å²) >= 11 is 0. The summed E-state index contributed by atoms with van der Waals surface area (Å²) in [7, 11) is 0.458. The van der Waals surface area contributed by atoms with Gasteiger partial charge in [0.15, 0.2) is 0 Å². The van der Waals surface area contributed by atoms with E-state index in [4.69, 9.17) is 5.11 Å². The molecule has 0 spiro atoms. The van der Waals surface area contributed by atoms with E-state index >= 15 is 0 Å². The van der Waals surface area contributed by atoms with Gasteiger partial charge >= 0.3 is 0 Å². The van der Waals surface area contributed by atoms with Crippen LogP contribution in [0.3, 0.4) is 0 Å². The van der Waals surface area contributed by atoms with Gasteiger partial charge in [0.05, 0.1) is 0 Å². The summed E-state index contributed by atoms with van der Waals surface area (Å²) in [5.74, 6) is -0.203. The van der Waals surface area contributed by atoms with Gasteiger partial charge in [-0.3, -0.25) is 4.79 Å². The average molecular weight is 134 g/mol. The van der Waals surface area contributed by atoms with E-state index < -0.39 is 0 Å². The van der Waals surface area contributed by atoms with Crippen LogP contribution in [0.4, 0.5) is 0 Å². The zero-order valence-corrected chi connectivity index (χ0v) is 6.89. The maximum atomic E-state index is 10.3. The zero-order valence-electron chi connectivity index (χ0n) is 4.89.